The van der Waals surface area contributed by atoms with Crippen molar-refractivity contribution in [2.45, 2.75) is 104 Å². The van der Waals surface area contributed by atoms with Crippen LogP contribution in [0.4, 0.5) is 4.79 Å². The quantitative estimate of drug-likeness (QED) is 0.240. The van der Waals surface area contributed by atoms with Crippen LogP contribution in [-0.2, 0) is 38.1 Å². The van der Waals surface area contributed by atoms with Gasteiger partial charge in [-0.25, -0.2) is 14.4 Å². The molecule has 0 saturated carbocycles. The van der Waals surface area contributed by atoms with Crippen molar-refractivity contribution < 1.29 is 42.9 Å². The highest BCUT2D eigenvalue weighted by molar-refractivity contribution is 6.03. The van der Waals surface area contributed by atoms with Gasteiger partial charge >= 0.3 is 24.0 Å². The van der Waals surface area contributed by atoms with Crippen molar-refractivity contribution in [1.82, 2.24) is 4.90 Å². The Labute approximate surface area is 220 Å². The van der Waals surface area contributed by atoms with Crippen LogP contribution in [-0.4, -0.2) is 84.7 Å². The van der Waals surface area contributed by atoms with E-state index in [2.05, 4.69) is 0 Å². The summed E-state index contributed by atoms with van der Waals surface area (Å²) in [6.07, 6.45) is 0.526. The molecule has 1 atom stereocenters. The summed E-state index contributed by atoms with van der Waals surface area (Å²) in [5, 5.41) is 0. The first-order valence-electron chi connectivity index (χ1n) is 13.0. The van der Waals surface area contributed by atoms with Crippen molar-refractivity contribution in [3.05, 3.63) is 0 Å². The van der Waals surface area contributed by atoms with Gasteiger partial charge < -0.3 is 34.3 Å². The van der Waals surface area contributed by atoms with Crippen molar-refractivity contribution in [3.63, 3.8) is 0 Å². The summed E-state index contributed by atoms with van der Waals surface area (Å²) >= 11 is 0. The van der Waals surface area contributed by atoms with Gasteiger partial charge in [-0.3, -0.25) is 4.79 Å². The molecule has 0 spiro atoms. The molecule has 37 heavy (non-hydrogen) atoms. The summed E-state index contributed by atoms with van der Waals surface area (Å²) < 4.78 is 27.1. The van der Waals surface area contributed by atoms with Gasteiger partial charge in [0, 0.05) is 19.5 Å². The molecular weight excluding hydrogens is 484 g/mol. The Balaban J connectivity index is 2.97. The number of likely N-dealkylation sites (tertiary alicyclic amines) is 1. The molecule has 1 fully saturated rings. The van der Waals surface area contributed by atoms with Crippen LogP contribution >= 0.6 is 0 Å². The normalized spacial score (nSPS) is 16.1. The monoisotopic (exact) mass is 530 g/mol. The number of carbonyl (C=O) groups is 4. The zero-order valence-electron chi connectivity index (χ0n) is 23.7. The molecular formula is C26H46N2O9. The number of hydrogen-bond donors (Lipinski definition) is 1. The first-order chi connectivity index (χ1) is 17.0. The lowest BCUT2D eigenvalue weighted by Crippen LogP contribution is -2.53. The first kappa shape index (κ1) is 32.6. The molecule has 0 bridgehead atoms. The second-order valence-corrected chi connectivity index (χ2v) is 11.2. The molecule has 0 aromatic carbocycles. The van der Waals surface area contributed by atoms with Crippen LogP contribution in [0.1, 0.15) is 81.1 Å². The third-order valence-electron chi connectivity index (χ3n) is 5.56. The van der Waals surface area contributed by atoms with Gasteiger partial charge in [-0.05, 0) is 80.6 Å². The second kappa shape index (κ2) is 13.9. The summed E-state index contributed by atoms with van der Waals surface area (Å²) in [5.74, 6) is -2.46. The average Bonchev–Trinajstić information content (AvgIpc) is 2.77. The predicted molar refractivity (Wildman–Crippen MR) is 136 cm³/mol. The number of carbonyl (C=O) groups excluding carboxylic acids is 4. The van der Waals surface area contributed by atoms with Gasteiger partial charge in [0.2, 0.25) is 0 Å². The van der Waals surface area contributed by atoms with E-state index in [1.807, 2.05) is 20.8 Å². The van der Waals surface area contributed by atoms with Gasteiger partial charge in [0.25, 0.3) is 5.60 Å². The number of rotatable bonds is 11. The minimum atomic E-state index is -2.08. The molecule has 11 heteroatoms. The Kier molecular flexibility index (Phi) is 12.3. The molecule has 2 N–H and O–H groups in total. The lowest BCUT2D eigenvalue weighted by molar-refractivity contribution is -0.195. The summed E-state index contributed by atoms with van der Waals surface area (Å²) in [4.78, 5) is 52.5. The van der Waals surface area contributed by atoms with E-state index in [-0.39, 0.29) is 44.7 Å². The smallest absolute Gasteiger partial charge is 0.410 e. The van der Waals surface area contributed by atoms with E-state index in [9.17, 15) is 19.2 Å². The van der Waals surface area contributed by atoms with Gasteiger partial charge in [-0.1, -0.05) is 0 Å². The van der Waals surface area contributed by atoms with Gasteiger partial charge in [0.1, 0.15) is 17.2 Å². The Hall–Kier alpha value is -2.40. The molecule has 1 saturated heterocycles. The maximum Gasteiger partial charge on any atom is 0.410 e. The predicted octanol–water partition coefficient (Wildman–Crippen LogP) is 2.96. The maximum atomic E-state index is 13.1. The molecule has 1 rings (SSSR count). The molecule has 0 aromatic heterocycles. The number of amides is 1. The Morgan fingerprint density at radius 1 is 0.865 bits per heavy atom. The summed E-state index contributed by atoms with van der Waals surface area (Å²) in [5.41, 5.74) is 2.62. The zero-order chi connectivity index (χ0) is 28.4. The summed E-state index contributed by atoms with van der Waals surface area (Å²) in [6, 6.07) is -1.08. The summed E-state index contributed by atoms with van der Waals surface area (Å²) in [7, 11) is 0. The van der Waals surface area contributed by atoms with E-state index in [0.717, 1.165) is 0 Å². The van der Waals surface area contributed by atoms with E-state index in [4.69, 9.17) is 29.4 Å². The van der Waals surface area contributed by atoms with Gasteiger partial charge in [-0.2, -0.15) is 0 Å². The highest BCUT2D eigenvalue weighted by Crippen LogP contribution is 2.28. The van der Waals surface area contributed by atoms with E-state index in [0.29, 0.717) is 25.9 Å². The maximum absolute atomic E-state index is 13.1. The van der Waals surface area contributed by atoms with E-state index in [1.165, 1.54) is 0 Å². The number of esters is 3. The molecule has 1 amide bonds. The number of ether oxygens (including phenoxy) is 5. The fourth-order valence-corrected chi connectivity index (χ4v) is 3.70. The minimum Gasteiger partial charge on any atom is -0.463 e. The van der Waals surface area contributed by atoms with Crippen LogP contribution in [0.25, 0.3) is 0 Å². The van der Waals surface area contributed by atoms with Crippen LogP contribution < -0.4 is 5.73 Å². The largest absolute Gasteiger partial charge is 0.463 e. The van der Waals surface area contributed by atoms with Crippen molar-refractivity contribution in [2.24, 2.45) is 11.7 Å². The van der Waals surface area contributed by atoms with Crippen molar-refractivity contribution >= 4 is 24.0 Å². The number of piperidine rings is 1. The van der Waals surface area contributed by atoms with Crippen molar-refractivity contribution in [1.29, 1.82) is 0 Å². The Morgan fingerprint density at radius 3 is 1.78 bits per heavy atom. The molecule has 1 heterocycles. The molecule has 1 aliphatic rings. The topological polar surface area (TPSA) is 144 Å². The Morgan fingerprint density at radius 2 is 1.35 bits per heavy atom. The molecule has 1 aliphatic heterocycles. The molecule has 11 nitrogen and oxygen atoms in total. The van der Waals surface area contributed by atoms with E-state index in [1.54, 1.807) is 39.5 Å². The third-order valence-corrected chi connectivity index (χ3v) is 5.56. The fraction of sp³-hybridized carbons (Fsp3) is 0.846. The molecule has 0 aliphatic carbocycles. The highest BCUT2D eigenvalue weighted by atomic mass is 16.6. The molecule has 1 unspecified atom stereocenters. The van der Waals surface area contributed by atoms with Gasteiger partial charge in [0.15, 0.2) is 0 Å². The van der Waals surface area contributed by atoms with Crippen LogP contribution in [0.2, 0.25) is 0 Å². The van der Waals surface area contributed by atoms with Crippen LogP contribution in [0, 0.1) is 5.92 Å². The van der Waals surface area contributed by atoms with Gasteiger partial charge in [0.05, 0.1) is 19.8 Å². The van der Waals surface area contributed by atoms with Gasteiger partial charge in [-0.15, -0.1) is 0 Å². The van der Waals surface area contributed by atoms with E-state index >= 15 is 0 Å². The molecule has 214 valence electrons. The standard InChI is InChI=1S/C26H46N2O9/c1-9-33-21(30)26(22(31)34-10-2,14-11-19(27)20(29)36-24(3,4)5)35-17-18-12-15-28(16-13-18)23(32)37-25(6,7)8/h18-19H,9-17,27H2,1-8H3. The highest BCUT2D eigenvalue weighted by Gasteiger charge is 2.51. The van der Waals surface area contributed by atoms with Crippen LogP contribution in [0.3, 0.4) is 0 Å². The first-order valence-corrected chi connectivity index (χ1v) is 13.0. The molecule has 0 aromatic rings. The minimum absolute atomic E-state index is 0.0236. The second-order valence-electron chi connectivity index (χ2n) is 11.2. The van der Waals surface area contributed by atoms with Crippen LogP contribution in [0.15, 0.2) is 0 Å². The number of nitrogens with zero attached hydrogens (tertiary/aromatic N) is 1. The molecule has 0 radical (unpaired) electrons. The van der Waals surface area contributed by atoms with Crippen molar-refractivity contribution in [2.75, 3.05) is 32.9 Å². The Bertz CT molecular complexity index is 760. The SMILES string of the molecule is CCOC(=O)C(CCC(N)C(=O)OC(C)(C)C)(OCC1CCN(C(=O)OC(C)(C)C)CC1)C(=O)OCC. The number of hydrogen-bond acceptors (Lipinski definition) is 10. The number of nitrogens with two attached hydrogens (primary N) is 1. The van der Waals surface area contributed by atoms with E-state index < -0.39 is 40.8 Å². The third kappa shape index (κ3) is 10.9. The van der Waals surface area contributed by atoms with Crippen molar-refractivity contribution in [3.8, 4) is 0 Å². The fourth-order valence-electron chi connectivity index (χ4n) is 3.70. The lowest BCUT2D eigenvalue weighted by atomic mass is 9.93. The average molecular weight is 531 g/mol. The zero-order valence-corrected chi connectivity index (χ0v) is 23.7. The lowest BCUT2D eigenvalue weighted by Gasteiger charge is -2.35. The summed E-state index contributed by atoms with van der Waals surface area (Å²) in [6.45, 7) is 14.8. The van der Waals surface area contributed by atoms with Crippen LogP contribution in [0.5, 0.6) is 0 Å².